The van der Waals surface area contributed by atoms with E-state index in [1.54, 1.807) is 7.05 Å². The lowest BCUT2D eigenvalue weighted by atomic mass is 9.74. The van der Waals surface area contributed by atoms with Crippen LogP contribution in [0.2, 0.25) is 0 Å². The fourth-order valence-electron chi connectivity index (χ4n) is 3.57. The van der Waals surface area contributed by atoms with Crippen LogP contribution < -0.4 is 15.8 Å². The first kappa shape index (κ1) is 19.1. The van der Waals surface area contributed by atoms with E-state index in [0.29, 0.717) is 23.6 Å². The van der Waals surface area contributed by atoms with E-state index >= 15 is 0 Å². The zero-order valence-electron chi connectivity index (χ0n) is 15.4. The van der Waals surface area contributed by atoms with Crippen molar-refractivity contribution in [2.24, 2.45) is 22.1 Å². The molecule has 2 amide bonds. The van der Waals surface area contributed by atoms with Crippen LogP contribution in [0.15, 0.2) is 41.0 Å². The van der Waals surface area contributed by atoms with Gasteiger partial charge in [0.2, 0.25) is 5.91 Å². The van der Waals surface area contributed by atoms with E-state index in [0.717, 1.165) is 18.4 Å². The Morgan fingerprint density at radius 1 is 1.41 bits per heavy atom. The smallest absolute Gasteiger partial charge is 0.265 e. The molecule has 7 nitrogen and oxygen atoms in total. The van der Waals surface area contributed by atoms with Gasteiger partial charge >= 0.3 is 0 Å². The van der Waals surface area contributed by atoms with Crippen LogP contribution in [0.5, 0.6) is 5.75 Å². The number of allylic oxidation sites excluding steroid dienone is 1. The minimum atomic E-state index is -0.843. The Kier molecular flexibility index (Phi) is 5.60. The van der Waals surface area contributed by atoms with Gasteiger partial charge in [-0.05, 0) is 42.5 Å². The molecule has 27 heavy (non-hydrogen) atoms. The third kappa shape index (κ3) is 4.19. The summed E-state index contributed by atoms with van der Waals surface area (Å²) in [6.07, 6.45) is 4.42. The van der Waals surface area contributed by atoms with Gasteiger partial charge in [-0.25, -0.2) is 0 Å². The third-order valence-corrected chi connectivity index (χ3v) is 5.06. The maximum Gasteiger partial charge on any atom is 0.265 e. The van der Waals surface area contributed by atoms with Crippen molar-refractivity contribution in [1.82, 2.24) is 5.32 Å². The number of nitrogens with zero attached hydrogens (tertiary/aromatic N) is 1. The topological polar surface area (TPSA) is 114 Å². The molecule has 3 rings (SSSR count). The number of nitrogens with two attached hydrogens (primary N) is 1. The zero-order chi connectivity index (χ0) is 19.4. The van der Waals surface area contributed by atoms with Crippen molar-refractivity contribution in [3.63, 3.8) is 0 Å². The predicted octanol–water partition coefficient (Wildman–Crippen LogP) is 0.956. The highest BCUT2D eigenvalue weighted by Gasteiger charge is 2.51. The van der Waals surface area contributed by atoms with E-state index in [4.69, 9.17) is 15.6 Å². The lowest BCUT2D eigenvalue weighted by Crippen LogP contribution is -2.44. The number of benzene rings is 1. The number of nitrogens with one attached hydrogen (secondary N) is 1. The van der Waals surface area contributed by atoms with Gasteiger partial charge in [-0.2, -0.15) is 0 Å². The molecule has 0 saturated heterocycles. The van der Waals surface area contributed by atoms with Crippen molar-refractivity contribution in [2.75, 3.05) is 20.3 Å². The number of primary amides is 1. The predicted molar refractivity (Wildman–Crippen MR) is 101 cm³/mol. The van der Waals surface area contributed by atoms with Crippen LogP contribution in [-0.4, -0.2) is 42.9 Å². The summed E-state index contributed by atoms with van der Waals surface area (Å²) in [6.45, 7) is 0.162. The molecule has 1 heterocycles. The third-order valence-electron chi connectivity index (χ3n) is 5.06. The van der Waals surface area contributed by atoms with Gasteiger partial charge in [0.05, 0.1) is 12.0 Å². The van der Waals surface area contributed by atoms with Crippen LogP contribution in [0.3, 0.4) is 0 Å². The van der Waals surface area contributed by atoms with Gasteiger partial charge in [-0.1, -0.05) is 12.1 Å². The fourth-order valence-corrected chi connectivity index (χ4v) is 3.57. The van der Waals surface area contributed by atoms with Crippen molar-refractivity contribution < 1.29 is 19.4 Å². The molecule has 2 aliphatic rings. The van der Waals surface area contributed by atoms with E-state index in [9.17, 15) is 9.59 Å². The van der Waals surface area contributed by atoms with E-state index in [-0.39, 0.29) is 31.5 Å². The summed E-state index contributed by atoms with van der Waals surface area (Å²) < 4.78 is 5.45. The Hall–Kier alpha value is -2.67. The summed E-state index contributed by atoms with van der Waals surface area (Å²) >= 11 is 0. The number of amides is 2. The van der Waals surface area contributed by atoms with Gasteiger partial charge in [0.15, 0.2) is 0 Å². The molecule has 1 aliphatic heterocycles. The molecule has 4 N–H and O–H groups in total. The van der Waals surface area contributed by atoms with Crippen molar-refractivity contribution >= 4 is 17.5 Å². The second-order valence-corrected chi connectivity index (χ2v) is 7.03. The Bertz CT molecular complexity index is 798. The highest BCUT2D eigenvalue weighted by Crippen LogP contribution is 2.51. The van der Waals surface area contributed by atoms with Gasteiger partial charge < -0.3 is 20.9 Å². The normalized spacial score (nSPS) is 21.9. The number of aliphatic hydroxyl groups excluding tert-OH is 1. The fraction of sp³-hybridized carbons (Fsp3) is 0.450. The molecule has 1 aliphatic carbocycles. The Balaban J connectivity index is 1.91. The molecule has 1 atom stereocenters. The minimum Gasteiger partial charge on any atom is -0.491 e. The molecule has 0 aromatic heterocycles. The largest absolute Gasteiger partial charge is 0.491 e. The molecule has 1 aromatic rings. The standard InChI is InChI=1S/C20H25N3O4/c1-22-18(25)17-12-20(19(21)26,14-5-6-14)11-15(23-17)9-13-3-2-4-16(10-13)27-8-7-24/h2-4,10-11,14,24H,5-9,12H2,1H3,(H2,21,26)(H,22,25). The first-order chi connectivity index (χ1) is 13.0. The Morgan fingerprint density at radius 2 is 2.19 bits per heavy atom. The Labute approximate surface area is 158 Å². The zero-order valence-corrected chi connectivity index (χ0v) is 15.4. The summed E-state index contributed by atoms with van der Waals surface area (Å²) in [5.74, 6) is 0.127. The maximum absolute atomic E-state index is 12.3. The van der Waals surface area contributed by atoms with E-state index < -0.39 is 11.3 Å². The minimum absolute atomic E-state index is 0.0579. The quantitative estimate of drug-likeness (QED) is 0.631. The van der Waals surface area contributed by atoms with Gasteiger partial charge in [0.1, 0.15) is 18.1 Å². The van der Waals surface area contributed by atoms with Crippen molar-refractivity contribution in [2.45, 2.75) is 25.7 Å². The average molecular weight is 371 g/mol. The van der Waals surface area contributed by atoms with Crippen LogP contribution in [0, 0.1) is 11.3 Å². The monoisotopic (exact) mass is 371 g/mol. The molecule has 1 saturated carbocycles. The summed E-state index contributed by atoms with van der Waals surface area (Å²) in [5.41, 5.74) is 6.86. The highest BCUT2D eigenvalue weighted by atomic mass is 16.5. The molecule has 7 heteroatoms. The van der Waals surface area contributed by atoms with Crippen molar-refractivity contribution in [3.05, 3.63) is 41.6 Å². The van der Waals surface area contributed by atoms with Crippen LogP contribution in [0.25, 0.3) is 0 Å². The van der Waals surface area contributed by atoms with Crippen LogP contribution >= 0.6 is 0 Å². The molecule has 0 bridgehead atoms. The number of carbonyl (C=O) groups excluding carboxylic acids is 2. The molecule has 1 fully saturated rings. The number of rotatable bonds is 8. The Morgan fingerprint density at radius 3 is 2.81 bits per heavy atom. The second kappa shape index (κ2) is 7.92. The highest BCUT2D eigenvalue weighted by molar-refractivity contribution is 6.39. The molecule has 0 radical (unpaired) electrons. The van der Waals surface area contributed by atoms with Crippen LogP contribution in [0.1, 0.15) is 24.8 Å². The van der Waals surface area contributed by atoms with Crippen LogP contribution in [-0.2, 0) is 16.0 Å². The van der Waals surface area contributed by atoms with E-state index in [2.05, 4.69) is 10.3 Å². The van der Waals surface area contributed by atoms with Gasteiger partial charge in [0, 0.05) is 25.6 Å². The number of ether oxygens (including phenoxy) is 1. The number of hydrogen-bond acceptors (Lipinski definition) is 5. The first-order valence-corrected chi connectivity index (χ1v) is 9.12. The first-order valence-electron chi connectivity index (χ1n) is 9.12. The molecule has 144 valence electrons. The summed E-state index contributed by atoms with van der Waals surface area (Å²) in [4.78, 5) is 29.1. The molecule has 1 aromatic carbocycles. The van der Waals surface area contributed by atoms with Crippen LogP contribution in [0.4, 0.5) is 0 Å². The molecular weight excluding hydrogens is 346 g/mol. The van der Waals surface area contributed by atoms with Gasteiger partial charge in [-0.3, -0.25) is 14.6 Å². The number of aliphatic imine (C=N–C) groups is 1. The summed E-state index contributed by atoms with van der Waals surface area (Å²) in [7, 11) is 1.55. The SMILES string of the molecule is CNC(=O)C1=NC(Cc2cccc(OCCO)c2)=CC(C(N)=O)(C2CC2)C1. The molecule has 0 spiro atoms. The second-order valence-electron chi connectivity index (χ2n) is 7.03. The molecule has 1 unspecified atom stereocenters. The van der Waals surface area contributed by atoms with Gasteiger partial charge in [-0.15, -0.1) is 0 Å². The van der Waals surface area contributed by atoms with E-state index in [1.807, 2.05) is 30.3 Å². The van der Waals surface area contributed by atoms with Gasteiger partial charge in [0.25, 0.3) is 5.91 Å². The summed E-state index contributed by atoms with van der Waals surface area (Å²) in [5, 5.41) is 11.5. The van der Waals surface area contributed by atoms with Crippen molar-refractivity contribution in [1.29, 1.82) is 0 Å². The average Bonchev–Trinajstić information content (AvgIpc) is 3.51. The molecular formula is C20H25N3O4. The number of aliphatic hydroxyl groups is 1. The van der Waals surface area contributed by atoms with Crippen molar-refractivity contribution in [3.8, 4) is 5.75 Å². The summed E-state index contributed by atoms with van der Waals surface area (Å²) in [6, 6.07) is 7.46. The lowest BCUT2D eigenvalue weighted by molar-refractivity contribution is -0.126. The van der Waals surface area contributed by atoms with E-state index in [1.165, 1.54) is 0 Å². The number of hydrogen-bond donors (Lipinski definition) is 3. The lowest BCUT2D eigenvalue weighted by Gasteiger charge is -2.31. The number of carbonyl (C=O) groups is 2. The maximum atomic E-state index is 12.3.